The fraction of sp³-hybridized carbons (Fsp3) is 0.286. The second-order valence-corrected chi connectivity index (χ2v) is 9.97. The lowest BCUT2D eigenvalue weighted by atomic mass is 9.98. The summed E-state index contributed by atoms with van der Waals surface area (Å²) < 4.78 is 0. The van der Waals surface area contributed by atoms with Crippen molar-refractivity contribution in [2.24, 2.45) is 0 Å². The number of benzene rings is 3. The fourth-order valence-electron chi connectivity index (χ4n) is 4.97. The minimum atomic E-state index is -0.189. The Kier molecular flexibility index (Phi) is 6.98. The summed E-state index contributed by atoms with van der Waals surface area (Å²) in [5, 5.41) is 3.95. The molecule has 3 aromatic carbocycles. The molecular weight excluding hydrogens is 481 g/mol. The van der Waals surface area contributed by atoms with Crippen molar-refractivity contribution in [1.82, 2.24) is 10.2 Å². The molecule has 5 nitrogen and oxygen atoms in total. The second-order valence-electron chi connectivity index (χ2n) is 9.12. The van der Waals surface area contributed by atoms with Gasteiger partial charge in [0.25, 0.3) is 11.8 Å². The zero-order valence-electron chi connectivity index (χ0n) is 19.3. The highest BCUT2D eigenvalue weighted by molar-refractivity contribution is 6.36. The Hall–Kier alpha value is -3.02. The van der Waals surface area contributed by atoms with Crippen LogP contribution in [0, 0.1) is 0 Å². The van der Waals surface area contributed by atoms with Gasteiger partial charge < -0.3 is 15.1 Å². The molecule has 180 valence electrons. The molecule has 0 radical (unpaired) electrons. The van der Waals surface area contributed by atoms with Crippen LogP contribution in [0.4, 0.5) is 5.69 Å². The van der Waals surface area contributed by atoms with Crippen molar-refractivity contribution < 1.29 is 9.59 Å². The number of carbonyl (C=O) groups is 2. The van der Waals surface area contributed by atoms with E-state index in [2.05, 4.69) is 28.4 Å². The minimum Gasteiger partial charge on any atom is -0.371 e. The molecule has 0 bridgehead atoms. The van der Waals surface area contributed by atoms with Crippen molar-refractivity contribution >= 4 is 40.7 Å². The maximum Gasteiger partial charge on any atom is 0.256 e. The lowest BCUT2D eigenvalue weighted by molar-refractivity contribution is 0.0735. The number of nitrogens with zero attached hydrogens (tertiary/aromatic N) is 2. The lowest BCUT2D eigenvalue weighted by Crippen LogP contribution is -2.45. The average molecular weight is 508 g/mol. The Morgan fingerprint density at radius 3 is 2.31 bits per heavy atom. The van der Waals surface area contributed by atoms with Gasteiger partial charge in [-0.1, -0.05) is 59.6 Å². The van der Waals surface area contributed by atoms with Crippen LogP contribution in [-0.2, 0) is 13.0 Å². The quantitative estimate of drug-likeness (QED) is 0.500. The molecule has 7 heteroatoms. The number of para-hydroxylation sites is 1. The van der Waals surface area contributed by atoms with Gasteiger partial charge in [0.1, 0.15) is 0 Å². The van der Waals surface area contributed by atoms with Crippen molar-refractivity contribution in [2.75, 3.05) is 24.5 Å². The van der Waals surface area contributed by atoms with Crippen molar-refractivity contribution in [3.63, 3.8) is 0 Å². The molecule has 0 spiro atoms. The zero-order chi connectivity index (χ0) is 24.4. The molecule has 2 aliphatic rings. The molecule has 2 heterocycles. The summed E-state index contributed by atoms with van der Waals surface area (Å²) in [7, 11) is 0. The van der Waals surface area contributed by atoms with Crippen molar-refractivity contribution in [3.05, 3.63) is 99.0 Å². The molecule has 0 unspecified atom stereocenters. The van der Waals surface area contributed by atoms with Gasteiger partial charge >= 0.3 is 0 Å². The molecule has 2 aliphatic heterocycles. The maximum atomic E-state index is 13.5. The van der Waals surface area contributed by atoms with Crippen molar-refractivity contribution in [2.45, 2.75) is 31.8 Å². The van der Waals surface area contributed by atoms with Gasteiger partial charge in [-0.2, -0.15) is 0 Å². The monoisotopic (exact) mass is 507 g/mol. The smallest absolute Gasteiger partial charge is 0.256 e. The highest BCUT2D eigenvalue weighted by Crippen LogP contribution is 2.28. The molecule has 35 heavy (non-hydrogen) atoms. The number of nitrogens with one attached hydrogen (secondary N) is 1. The number of hydrogen-bond donors (Lipinski definition) is 1. The average Bonchev–Trinajstić information content (AvgIpc) is 2.88. The van der Waals surface area contributed by atoms with Crippen molar-refractivity contribution in [3.8, 4) is 0 Å². The summed E-state index contributed by atoms with van der Waals surface area (Å²) in [6, 6.07) is 21.1. The van der Waals surface area contributed by atoms with Gasteiger partial charge in [0.15, 0.2) is 0 Å². The lowest BCUT2D eigenvalue weighted by Gasteiger charge is -2.36. The van der Waals surface area contributed by atoms with Crippen LogP contribution in [0.25, 0.3) is 0 Å². The van der Waals surface area contributed by atoms with Gasteiger partial charge in [-0.25, -0.2) is 0 Å². The number of piperidine rings is 1. The predicted octanol–water partition coefficient (Wildman–Crippen LogP) is 5.59. The number of hydrogen-bond acceptors (Lipinski definition) is 3. The highest BCUT2D eigenvalue weighted by atomic mass is 35.5. The molecule has 0 atom stereocenters. The van der Waals surface area contributed by atoms with E-state index in [1.54, 1.807) is 18.2 Å². The van der Waals surface area contributed by atoms with E-state index in [-0.39, 0.29) is 17.9 Å². The van der Waals surface area contributed by atoms with E-state index in [0.29, 0.717) is 22.2 Å². The van der Waals surface area contributed by atoms with E-state index in [1.807, 2.05) is 35.2 Å². The molecule has 0 saturated carbocycles. The molecule has 1 N–H and O–H groups in total. The molecule has 1 saturated heterocycles. The van der Waals surface area contributed by atoms with Gasteiger partial charge in [0, 0.05) is 42.9 Å². The van der Waals surface area contributed by atoms with E-state index in [4.69, 9.17) is 23.2 Å². The molecule has 3 aromatic rings. The van der Waals surface area contributed by atoms with Gasteiger partial charge in [-0.3, -0.25) is 9.59 Å². The number of rotatable bonds is 4. The van der Waals surface area contributed by atoms with Crippen LogP contribution < -0.4 is 10.2 Å². The summed E-state index contributed by atoms with van der Waals surface area (Å²) in [5.74, 6) is -0.117. The third-order valence-electron chi connectivity index (χ3n) is 6.90. The SMILES string of the molecule is O=C(NC1CCN(c2ccccc2C(=O)N2CCc3ccccc3C2)CC1)c1ccc(Cl)cc1Cl. The topological polar surface area (TPSA) is 52.7 Å². The highest BCUT2D eigenvalue weighted by Gasteiger charge is 2.27. The van der Waals surface area contributed by atoms with Gasteiger partial charge in [-0.15, -0.1) is 0 Å². The summed E-state index contributed by atoms with van der Waals surface area (Å²) in [5.41, 5.74) is 4.68. The molecule has 5 rings (SSSR count). The largest absolute Gasteiger partial charge is 0.371 e. The van der Waals surface area contributed by atoms with Crippen LogP contribution >= 0.6 is 23.2 Å². The van der Waals surface area contributed by atoms with Crippen LogP contribution in [0.15, 0.2) is 66.7 Å². The van der Waals surface area contributed by atoms with E-state index >= 15 is 0 Å². The van der Waals surface area contributed by atoms with Crippen LogP contribution in [0.5, 0.6) is 0 Å². The normalized spacial score (nSPS) is 16.1. The van der Waals surface area contributed by atoms with Gasteiger partial charge in [0.2, 0.25) is 0 Å². The first-order valence-electron chi connectivity index (χ1n) is 12.0. The number of carbonyl (C=O) groups excluding carboxylic acids is 2. The zero-order valence-corrected chi connectivity index (χ0v) is 20.9. The maximum absolute atomic E-state index is 13.5. The summed E-state index contributed by atoms with van der Waals surface area (Å²) in [6.07, 6.45) is 2.46. The predicted molar refractivity (Wildman–Crippen MR) is 140 cm³/mol. The first-order chi connectivity index (χ1) is 17.0. The number of anilines is 1. The second kappa shape index (κ2) is 10.3. The molecule has 1 fully saturated rings. The van der Waals surface area contributed by atoms with Crippen LogP contribution in [0.2, 0.25) is 10.0 Å². The van der Waals surface area contributed by atoms with Crippen molar-refractivity contribution in [1.29, 1.82) is 0 Å². The Morgan fingerprint density at radius 1 is 0.829 bits per heavy atom. The number of fused-ring (bicyclic) bond motifs is 1. The van der Waals surface area contributed by atoms with Gasteiger partial charge in [0.05, 0.1) is 16.1 Å². The summed E-state index contributed by atoms with van der Waals surface area (Å²) in [6.45, 7) is 2.88. The van der Waals surface area contributed by atoms with E-state index in [0.717, 1.165) is 50.1 Å². The van der Waals surface area contributed by atoms with E-state index < -0.39 is 0 Å². The fourth-order valence-corrected chi connectivity index (χ4v) is 5.47. The Bertz CT molecular complexity index is 1250. The van der Waals surface area contributed by atoms with E-state index in [9.17, 15) is 9.59 Å². The summed E-state index contributed by atoms with van der Waals surface area (Å²) >= 11 is 12.1. The number of amides is 2. The first kappa shape index (κ1) is 23.7. The van der Waals surface area contributed by atoms with Crippen LogP contribution in [-0.4, -0.2) is 42.4 Å². The van der Waals surface area contributed by atoms with Gasteiger partial charge in [-0.05, 0) is 60.7 Å². The molecular formula is C28H27Cl2N3O2. The Balaban J connectivity index is 1.24. The van der Waals surface area contributed by atoms with Crippen LogP contribution in [0.1, 0.15) is 44.7 Å². The number of halogens is 2. The Morgan fingerprint density at radius 2 is 1.54 bits per heavy atom. The third-order valence-corrected chi connectivity index (χ3v) is 7.45. The first-order valence-corrected chi connectivity index (χ1v) is 12.7. The standard InChI is InChI=1S/C28H27Cl2N3O2/c29-21-9-10-23(25(30)17-21)27(34)31-22-12-15-32(16-13-22)26-8-4-3-7-24(26)28(35)33-14-11-19-5-1-2-6-20(19)18-33/h1-10,17,22H,11-16,18H2,(H,31,34). The summed E-state index contributed by atoms with van der Waals surface area (Å²) in [4.78, 5) is 30.4. The molecule has 0 aromatic heterocycles. The minimum absolute atomic E-state index is 0.0481. The van der Waals surface area contributed by atoms with E-state index in [1.165, 1.54) is 11.1 Å². The van der Waals surface area contributed by atoms with Crippen LogP contribution in [0.3, 0.4) is 0 Å². The molecule has 2 amide bonds. The Labute approximate surface area is 215 Å². The molecule has 0 aliphatic carbocycles. The third kappa shape index (κ3) is 5.16.